The van der Waals surface area contributed by atoms with Crippen molar-refractivity contribution in [1.82, 2.24) is 9.97 Å². The highest BCUT2D eigenvalue weighted by Crippen LogP contribution is 2.25. The number of piperidine rings is 1. The first-order chi connectivity index (χ1) is 10.3. The van der Waals surface area contributed by atoms with Gasteiger partial charge in [-0.1, -0.05) is 27.2 Å². The zero-order chi connectivity index (χ0) is 15.1. The van der Waals surface area contributed by atoms with Crippen molar-refractivity contribution in [2.45, 2.75) is 59.3 Å². The molecule has 0 bridgehead atoms. The molecule has 0 aliphatic carbocycles. The second-order valence-electron chi connectivity index (χ2n) is 6.04. The number of anilines is 2. The van der Waals surface area contributed by atoms with Crippen LogP contribution in [0.1, 0.15) is 58.7 Å². The van der Waals surface area contributed by atoms with E-state index in [9.17, 15) is 0 Å². The lowest BCUT2D eigenvalue weighted by atomic mass is 9.94. The van der Waals surface area contributed by atoms with Crippen LogP contribution in [-0.4, -0.2) is 29.6 Å². The molecule has 4 heteroatoms. The number of nitrogens with zero attached hydrogens (tertiary/aromatic N) is 3. The quantitative estimate of drug-likeness (QED) is 0.827. The number of nitrogens with one attached hydrogen (secondary N) is 1. The molecule has 1 aromatic rings. The smallest absolute Gasteiger partial charge is 0.134 e. The summed E-state index contributed by atoms with van der Waals surface area (Å²) >= 11 is 0. The van der Waals surface area contributed by atoms with Crippen LogP contribution in [0.3, 0.4) is 0 Å². The first-order valence-corrected chi connectivity index (χ1v) is 8.63. The normalized spacial score (nSPS) is 16.2. The van der Waals surface area contributed by atoms with Gasteiger partial charge in [0.25, 0.3) is 0 Å². The molecule has 1 aliphatic rings. The van der Waals surface area contributed by atoms with Gasteiger partial charge >= 0.3 is 0 Å². The zero-order valence-electron chi connectivity index (χ0n) is 13.9. The predicted octanol–water partition coefficient (Wildman–Crippen LogP) is 3.88. The fourth-order valence-corrected chi connectivity index (χ4v) is 2.89. The van der Waals surface area contributed by atoms with Gasteiger partial charge in [0.05, 0.1) is 0 Å². The molecule has 0 atom stereocenters. The van der Waals surface area contributed by atoms with E-state index in [1.807, 2.05) is 0 Å². The molecule has 1 saturated heterocycles. The lowest BCUT2D eigenvalue weighted by molar-refractivity contribution is 0.393. The number of hydrogen-bond donors (Lipinski definition) is 1. The third kappa shape index (κ3) is 4.58. The molecule has 1 N–H and O–H groups in total. The van der Waals surface area contributed by atoms with Crippen LogP contribution in [0, 0.1) is 5.92 Å². The standard InChI is InChI=1S/C17H30N4/c1-4-7-15-19-16(18-10-5-2)13-17(20-15)21-11-8-14(6-3)9-12-21/h13-14H,4-12H2,1-3H3,(H,18,19,20). The molecule has 0 aromatic carbocycles. The van der Waals surface area contributed by atoms with Gasteiger partial charge in [0, 0.05) is 32.1 Å². The average Bonchev–Trinajstić information content (AvgIpc) is 2.53. The topological polar surface area (TPSA) is 41.0 Å². The van der Waals surface area contributed by atoms with E-state index in [-0.39, 0.29) is 0 Å². The molecule has 1 fully saturated rings. The van der Waals surface area contributed by atoms with Gasteiger partial charge in [-0.05, 0) is 31.6 Å². The van der Waals surface area contributed by atoms with Gasteiger partial charge in [0.1, 0.15) is 17.5 Å². The van der Waals surface area contributed by atoms with E-state index in [2.05, 4.69) is 42.0 Å². The third-order valence-electron chi connectivity index (χ3n) is 4.30. The molecule has 0 saturated carbocycles. The van der Waals surface area contributed by atoms with Crippen molar-refractivity contribution in [3.8, 4) is 0 Å². The second-order valence-corrected chi connectivity index (χ2v) is 6.04. The van der Waals surface area contributed by atoms with Crippen LogP contribution in [-0.2, 0) is 6.42 Å². The number of aryl methyl sites for hydroxylation is 1. The van der Waals surface area contributed by atoms with Crippen molar-refractivity contribution in [3.63, 3.8) is 0 Å². The summed E-state index contributed by atoms with van der Waals surface area (Å²) in [5, 5.41) is 3.41. The SMILES string of the molecule is CCCNc1cc(N2CCC(CC)CC2)nc(CCC)n1. The maximum Gasteiger partial charge on any atom is 0.134 e. The monoisotopic (exact) mass is 290 g/mol. The molecule has 1 aromatic heterocycles. The van der Waals surface area contributed by atoms with Crippen molar-refractivity contribution in [2.75, 3.05) is 29.9 Å². The van der Waals surface area contributed by atoms with Gasteiger partial charge in [0.15, 0.2) is 0 Å². The van der Waals surface area contributed by atoms with Gasteiger partial charge in [-0.25, -0.2) is 9.97 Å². The first kappa shape index (κ1) is 16.1. The Morgan fingerprint density at radius 3 is 2.52 bits per heavy atom. The van der Waals surface area contributed by atoms with E-state index in [0.717, 1.165) is 62.3 Å². The Morgan fingerprint density at radius 1 is 1.14 bits per heavy atom. The van der Waals surface area contributed by atoms with E-state index in [1.165, 1.54) is 19.3 Å². The molecule has 4 nitrogen and oxygen atoms in total. The summed E-state index contributed by atoms with van der Waals surface area (Å²) < 4.78 is 0. The Balaban J connectivity index is 2.11. The summed E-state index contributed by atoms with van der Waals surface area (Å²) in [5.41, 5.74) is 0. The summed E-state index contributed by atoms with van der Waals surface area (Å²) in [7, 11) is 0. The van der Waals surface area contributed by atoms with Crippen molar-refractivity contribution >= 4 is 11.6 Å². The Morgan fingerprint density at radius 2 is 1.90 bits per heavy atom. The minimum absolute atomic E-state index is 0.899. The fourth-order valence-electron chi connectivity index (χ4n) is 2.89. The highest BCUT2D eigenvalue weighted by molar-refractivity contribution is 5.49. The van der Waals surface area contributed by atoms with Gasteiger partial charge in [-0.3, -0.25) is 0 Å². The molecule has 2 rings (SSSR count). The summed E-state index contributed by atoms with van der Waals surface area (Å²) in [6, 6.07) is 2.13. The van der Waals surface area contributed by atoms with Crippen molar-refractivity contribution < 1.29 is 0 Å². The molecular weight excluding hydrogens is 260 g/mol. The maximum absolute atomic E-state index is 4.78. The van der Waals surface area contributed by atoms with Crippen molar-refractivity contribution in [3.05, 3.63) is 11.9 Å². The van der Waals surface area contributed by atoms with E-state index in [1.54, 1.807) is 0 Å². The summed E-state index contributed by atoms with van der Waals surface area (Å²) in [6.45, 7) is 9.90. The molecule has 0 amide bonds. The third-order valence-corrected chi connectivity index (χ3v) is 4.30. The van der Waals surface area contributed by atoms with Crippen LogP contribution in [0.2, 0.25) is 0 Å². The largest absolute Gasteiger partial charge is 0.370 e. The molecule has 0 spiro atoms. The van der Waals surface area contributed by atoms with Crippen LogP contribution in [0.5, 0.6) is 0 Å². The fraction of sp³-hybridized carbons (Fsp3) is 0.765. The Hall–Kier alpha value is -1.32. The Bertz CT molecular complexity index is 425. The van der Waals surface area contributed by atoms with Crippen molar-refractivity contribution in [1.29, 1.82) is 0 Å². The lowest BCUT2D eigenvalue weighted by Crippen LogP contribution is -2.34. The van der Waals surface area contributed by atoms with Crippen LogP contribution in [0.25, 0.3) is 0 Å². The van der Waals surface area contributed by atoms with E-state index < -0.39 is 0 Å². The summed E-state index contributed by atoms with van der Waals surface area (Å²) in [4.78, 5) is 11.9. The number of hydrogen-bond acceptors (Lipinski definition) is 4. The van der Waals surface area contributed by atoms with E-state index >= 15 is 0 Å². The van der Waals surface area contributed by atoms with Crippen LogP contribution in [0.4, 0.5) is 11.6 Å². The highest BCUT2D eigenvalue weighted by Gasteiger charge is 2.19. The van der Waals surface area contributed by atoms with Crippen LogP contribution in [0.15, 0.2) is 6.07 Å². The van der Waals surface area contributed by atoms with Crippen molar-refractivity contribution in [2.24, 2.45) is 5.92 Å². The summed E-state index contributed by atoms with van der Waals surface area (Å²) in [6.07, 6.45) is 7.06. The first-order valence-electron chi connectivity index (χ1n) is 8.63. The number of aromatic nitrogens is 2. The molecule has 118 valence electrons. The van der Waals surface area contributed by atoms with Gasteiger partial charge < -0.3 is 10.2 Å². The molecule has 1 aliphatic heterocycles. The van der Waals surface area contributed by atoms with E-state index in [4.69, 9.17) is 4.98 Å². The molecule has 21 heavy (non-hydrogen) atoms. The van der Waals surface area contributed by atoms with E-state index in [0.29, 0.717) is 0 Å². The second kappa shape index (κ2) is 8.20. The molecule has 2 heterocycles. The summed E-state index contributed by atoms with van der Waals surface area (Å²) in [5.74, 6) is 3.98. The highest BCUT2D eigenvalue weighted by atomic mass is 15.2. The Kier molecular flexibility index (Phi) is 6.27. The van der Waals surface area contributed by atoms with Gasteiger partial charge in [0.2, 0.25) is 0 Å². The minimum Gasteiger partial charge on any atom is -0.370 e. The molecule has 0 radical (unpaired) electrons. The predicted molar refractivity (Wildman–Crippen MR) is 90.0 cm³/mol. The Labute approximate surface area is 129 Å². The zero-order valence-corrected chi connectivity index (χ0v) is 13.9. The average molecular weight is 290 g/mol. The maximum atomic E-state index is 4.78. The minimum atomic E-state index is 0.899. The van der Waals surface area contributed by atoms with Crippen LogP contribution >= 0.6 is 0 Å². The molecule has 0 unspecified atom stereocenters. The molecular formula is C17H30N4. The van der Waals surface area contributed by atoms with Gasteiger partial charge in [-0.15, -0.1) is 0 Å². The lowest BCUT2D eigenvalue weighted by Gasteiger charge is -2.32. The number of rotatable bonds is 7. The van der Waals surface area contributed by atoms with Gasteiger partial charge in [-0.2, -0.15) is 0 Å². The van der Waals surface area contributed by atoms with Crippen LogP contribution < -0.4 is 10.2 Å².